The first-order valence-electron chi connectivity index (χ1n) is 7.33. The summed E-state index contributed by atoms with van der Waals surface area (Å²) in [5.41, 5.74) is 1.24. The average Bonchev–Trinajstić information content (AvgIpc) is 2.46. The second-order valence-electron chi connectivity index (χ2n) is 4.89. The van der Waals surface area contributed by atoms with Crippen molar-refractivity contribution in [3.05, 3.63) is 29.6 Å². The lowest BCUT2D eigenvalue weighted by Gasteiger charge is -2.31. The van der Waals surface area contributed by atoms with E-state index >= 15 is 0 Å². The maximum absolute atomic E-state index is 13.2. The Balaban J connectivity index is 0.000000847. The predicted molar refractivity (Wildman–Crippen MR) is 79.9 cm³/mol. The molecule has 1 aromatic rings. The van der Waals surface area contributed by atoms with Gasteiger partial charge >= 0.3 is 6.03 Å². The van der Waals surface area contributed by atoms with E-state index in [0.717, 1.165) is 0 Å². The lowest BCUT2D eigenvalue weighted by Crippen LogP contribution is -2.52. The Morgan fingerprint density at radius 2 is 2.18 bits per heavy atom. The van der Waals surface area contributed by atoms with Gasteiger partial charge in [-0.15, -0.1) is 0 Å². The van der Waals surface area contributed by atoms with Crippen molar-refractivity contribution in [3.63, 3.8) is 0 Å². The molecule has 3 rings (SSSR count). The first-order valence-corrected chi connectivity index (χ1v) is 7.33. The SMILES string of the molecule is CC.O=C(CN1Cc2cc(F)ccc2NC1=O)NC1COC1. The van der Waals surface area contributed by atoms with Crippen LogP contribution in [0.5, 0.6) is 0 Å². The van der Waals surface area contributed by atoms with Crippen molar-refractivity contribution in [2.75, 3.05) is 25.1 Å². The van der Waals surface area contributed by atoms with E-state index < -0.39 is 0 Å². The third kappa shape index (κ3) is 3.73. The molecule has 1 aromatic carbocycles. The van der Waals surface area contributed by atoms with Crippen LogP contribution in [-0.4, -0.2) is 42.6 Å². The van der Waals surface area contributed by atoms with Crippen LogP contribution in [0.3, 0.4) is 0 Å². The van der Waals surface area contributed by atoms with Crippen LogP contribution in [-0.2, 0) is 16.1 Å². The van der Waals surface area contributed by atoms with E-state index in [1.54, 1.807) is 0 Å². The summed E-state index contributed by atoms with van der Waals surface area (Å²) in [4.78, 5) is 25.0. The van der Waals surface area contributed by atoms with Gasteiger partial charge in [0.2, 0.25) is 5.91 Å². The van der Waals surface area contributed by atoms with Gasteiger partial charge in [0.05, 0.1) is 25.8 Å². The smallest absolute Gasteiger partial charge is 0.322 e. The third-order valence-electron chi connectivity index (χ3n) is 3.29. The van der Waals surface area contributed by atoms with Gasteiger partial charge in [0.1, 0.15) is 12.4 Å². The minimum absolute atomic E-state index is 0.0279. The number of hydrogen-bond acceptors (Lipinski definition) is 3. The molecule has 0 unspecified atom stereocenters. The van der Waals surface area contributed by atoms with Crippen molar-refractivity contribution in [1.82, 2.24) is 10.2 Å². The summed E-state index contributed by atoms with van der Waals surface area (Å²) in [6.07, 6.45) is 0. The molecule has 22 heavy (non-hydrogen) atoms. The Labute approximate surface area is 128 Å². The first-order chi connectivity index (χ1) is 10.6. The van der Waals surface area contributed by atoms with Crippen molar-refractivity contribution in [2.45, 2.75) is 26.4 Å². The van der Waals surface area contributed by atoms with Gasteiger partial charge < -0.3 is 20.3 Å². The van der Waals surface area contributed by atoms with Gasteiger partial charge in [-0.3, -0.25) is 4.79 Å². The van der Waals surface area contributed by atoms with Crippen molar-refractivity contribution in [2.24, 2.45) is 0 Å². The number of nitrogens with zero attached hydrogens (tertiary/aromatic N) is 1. The summed E-state index contributed by atoms with van der Waals surface area (Å²) >= 11 is 0. The molecule has 2 heterocycles. The van der Waals surface area contributed by atoms with E-state index in [1.165, 1.54) is 23.1 Å². The number of carbonyl (C=O) groups is 2. The molecule has 2 N–H and O–H groups in total. The number of rotatable bonds is 3. The lowest BCUT2D eigenvalue weighted by atomic mass is 10.1. The molecule has 0 aromatic heterocycles. The normalized spacial score (nSPS) is 16.7. The van der Waals surface area contributed by atoms with Gasteiger partial charge in [-0.25, -0.2) is 9.18 Å². The molecule has 2 aliphatic heterocycles. The fraction of sp³-hybridized carbons (Fsp3) is 0.467. The standard InChI is InChI=1S/C13H14FN3O3.C2H6/c14-9-1-2-11-8(3-9)4-17(13(19)16-11)5-12(18)15-10-6-20-7-10;1-2/h1-3,10H,4-7H2,(H,15,18)(H,16,19);1-2H3. The number of urea groups is 1. The zero-order chi connectivity index (χ0) is 16.1. The number of nitrogens with one attached hydrogen (secondary N) is 2. The largest absolute Gasteiger partial charge is 0.377 e. The van der Waals surface area contributed by atoms with Crippen LogP contribution >= 0.6 is 0 Å². The molecule has 3 amide bonds. The Morgan fingerprint density at radius 3 is 2.82 bits per heavy atom. The van der Waals surface area contributed by atoms with Crippen molar-refractivity contribution in [3.8, 4) is 0 Å². The molecule has 0 spiro atoms. The maximum Gasteiger partial charge on any atom is 0.322 e. The van der Waals surface area contributed by atoms with Crippen molar-refractivity contribution < 1.29 is 18.7 Å². The third-order valence-corrected chi connectivity index (χ3v) is 3.29. The molecule has 1 fully saturated rings. The Bertz CT molecular complexity index is 561. The lowest BCUT2D eigenvalue weighted by molar-refractivity contribution is -0.125. The average molecular weight is 309 g/mol. The summed E-state index contributed by atoms with van der Waals surface area (Å²) in [5, 5.41) is 5.40. The quantitative estimate of drug-likeness (QED) is 0.893. The molecule has 0 radical (unpaired) electrons. The van der Waals surface area contributed by atoms with Gasteiger partial charge in [-0.1, -0.05) is 13.8 Å². The number of anilines is 1. The van der Waals surface area contributed by atoms with Crippen LogP contribution in [0, 0.1) is 5.82 Å². The first kappa shape index (κ1) is 16.2. The number of fused-ring (bicyclic) bond motifs is 1. The minimum Gasteiger partial charge on any atom is -0.377 e. The number of benzene rings is 1. The van der Waals surface area contributed by atoms with Gasteiger partial charge in [0, 0.05) is 5.69 Å². The van der Waals surface area contributed by atoms with Crippen LogP contribution < -0.4 is 10.6 Å². The van der Waals surface area contributed by atoms with E-state index in [-0.39, 0.29) is 36.9 Å². The van der Waals surface area contributed by atoms with Crippen LogP contribution in [0.4, 0.5) is 14.9 Å². The van der Waals surface area contributed by atoms with Crippen LogP contribution in [0.2, 0.25) is 0 Å². The van der Waals surface area contributed by atoms with E-state index in [1.807, 2.05) is 13.8 Å². The Kier molecular flexibility index (Phi) is 5.32. The fourth-order valence-electron chi connectivity index (χ4n) is 2.18. The highest BCUT2D eigenvalue weighted by atomic mass is 19.1. The molecule has 2 aliphatic rings. The summed E-state index contributed by atoms with van der Waals surface area (Å²) in [6, 6.07) is 3.84. The number of amides is 3. The monoisotopic (exact) mass is 309 g/mol. The molecule has 0 saturated carbocycles. The van der Waals surface area contributed by atoms with Crippen molar-refractivity contribution >= 4 is 17.6 Å². The molecule has 0 bridgehead atoms. The van der Waals surface area contributed by atoms with Gasteiger partial charge in [0.25, 0.3) is 0 Å². The maximum atomic E-state index is 13.2. The topological polar surface area (TPSA) is 70.7 Å². The van der Waals surface area contributed by atoms with E-state index in [9.17, 15) is 14.0 Å². The van der Waals surface area contributed by atoms with Crippen LogP contribution in [0.15, 0.2) is 18.2 Å². The second-order valence-corrected chi connectivity index (χ2v) is 4.89. The van der Waals surface area contributed by atoms with Crippen molar-refractivity contribution in [1.29, 1.82) is 0 Å². The zero-order valence-electron chi connectivity index (χ0n) is 12.7. The highest BCUT2D eigenvalue weighted by Gasteiger charge is 2.26. The summed E-state index contributed by atoms with van der Waals surface area (Å²) in [7, 11) is 0. The molecular formula is C15H20FN3O3. The van der Waals surface area contributed by atoms with Gasteiger partial charge in [-0.05, 0) is 23.8 Å². The number of hydrogen-bond donors (Lipinski definition) is 2. The highest BCUT2D eigenvalue weighted by molar-refractivity contribution is 5.94. The predicted octanol–water partition coefficient (Wildman–Crippen LogP) is 1.71. The summed E-state index contributed by atoms with van der Waals surface area (Å²) < 4.78 is 18.1. The Morgan fingerprint density at radius 1 is 1.45 bits per heavy atom. The molecule has 7 heteroatoms. The summed E-state index contributed by atoms with van der Waals surface area (Å²) in [6.45, 7) is 5.17. The molecule has 1 saturated heterocycles. The number of ether oxygens (including phenoxy) is 1. The second kappa shape index (κ2) is 7.22. The van der Waals surface area contributed by atoms with Gasteiger partial charge in [-0.2, -0.15) is 0 Å². The summed E-state index contributed by atoms with van der Waals surface area (Å²) in [5.74, 6) is -0.607. The number of carbonyl (C=O) groups excluding carboxylic acids is 2. The number of halogens is 1. The van der Waals surface area contributed by atoms with E-state index in [4.69, 9.17) is 4.74 Å². The van der Waals surface area contributed by atoms with Crippen LogP contribution in [0.25, 0.3) is 0 Å². The van der Waals surface area contributed by atoms with Gasteiger partial charge in [0.15, 0.2) is 0 Å². The molecule has 120 valence electrons. The fourth-order valence-corrected chi connectivity index (χ4v) is 2.18. The molecule has 6 nitrogen and oxygen atoms in total. The van der Waals surface area contributed by atoms with E-state index in [0.29, 0.717) is 24.5 Å². The molecule has 0 atom stereocenters. The van der Waals surface area contributed by atoms with Crippen LogP contribution in [0.1, 0.15) is 19.4 Å². The molecular weight excluding hydrogens is 289 g/mol. The Hall–Kier alpha value is -2.15. The zero-order valence-corrected chi connectivity index (χ0v) is 12.7. The van der Waals surface area contributed by atoms with E-state index in [2.05, 4.69) is 10.6 Å². The highest BCUT2D eigenvalue weighted by Crippen LogP contribution is 2.23. The molecule has 0 aliphatic carbocycles. The minimum atomic E-state index is -0.365.